The summed E-state index contributed by atoms with van der Waals surface area (Å²) in [4.78, 5) is 11.7. The molecule has 3 aliphatic rings. The Labute approximate surface area is 131 Å². The van der Waals surface area contributed by atoms with Gasteiger partial charge in [0.25, 0.3) is 0 Å². The van der Waals surface area contributed by atoms with Gasteiger partial charge in [0.15, 0.2) is 13.1 Å². The fraction of sp³-hybridized carbons (Fsp3) is 0.933. The van der Waals surface area contributed by atoms with Crippen molar-refractivity contribution >= 4 is 5.97 Å². The van der Waals surface area contributed by atoms with Crippen molar-refractivity contribution in [3.63, 3.8) is 0 Å². The molecular weight excluding hydrogens is 292 g/mol. The Bertz CT molecular complexity index is 421. The number of carbonyl (C=O) groups is 1. The van der Waals surface area contributed by atoms with E-state index in [4.69, 9.17) is 25.1 Å². The molecule has 0 aromatic rings. The summed E-state index contributed by atoms with van der Waals surface area (Å²) in [6.07, 6.45) is 0.156. The van der Waals surface area contributed by atoms with Crippen LogP contribution in [-0.2, 0) is 28.5 Å². The van der Waals surface area contributed by atoms with E-state index in [1.807, 2.05) is 0 Å². The van der Waals surface area contributed by atoms with E-state index in [-0.39, 0.29) is 43.2 Å². The van der Waals surface area contributed by atoms with Gasteiger partial charge >= 0.3 is 5.97 Å². The van der Waals surface area contributed by atoms with E-state index < -0.39 is 19.0 Å². The predicted octanol–water partition coefficient (Wildman–Crippen LogP) is 0.441. The molecule has 2 aliphatic heterocycles. The summed E-state index contributed by atoms with van der Waals surface area (Å²) >= 11 is 0. The van der Waals surface area contributed by atoms with Crippen LogP contribution in [0.25, 0.3) is 0 Å². The molecule has 22 heavy (non-hydrogen) atoms. The molecule has 0 spiro atoms. The van der Waals surface area contributed by atoms with Crippen LogP contribution in [0, 0.1) is 11.8 Å². The Morgan fingerprint density at radius 3 is 3.05 bits per heavy atom. The van der Waals surface area contributed by atoms with Crippen molar-refractivity contribution < 1.29 is 35.0 Å². The Morgan fingerprint density at radius 1 is 1.41 bits per heavy atom. The van der Waals surface area contributed by atoms with Gasteiger partial charge in [0, 0.05) is 38.6 Å². The molecule has 7 heteroatoms. The number of rotatable bonds is 3. The largest absolute Gasteiger partial charge is 0.438 e. The van der Waals surface area contributed by atoms with Crippen molar-refractivity contribution in [2.75, 3.05) is 27.1 Å². The number of ether oxygens (including phenoxy) is 5. The molecule has 2 heterocycles. The first-order valence-corrected chi connectivity index (χ1v) is 7.76. The summed E-state index contributed by atoms with van der Waals surface area (Å²) in [7, 11) is 1.53. The highest BCUT2D eigenvalue weighted by Gasteiger charge is 2.50. The molecule has 1 aliphatic carbocycles. The zero-order chi connectivity index (χ0) is 16.4. The summed E-state index contributed by atoms with van der Waals surface area (Å²) in [5, 5.41) is 10.4. The topological polar surface area (TPSA) is 83.5 Å². The molecule has 7 nitrogen and oxygen atoms in total. The number of fused-ring (bicyclic) bond motifs is 1. The van der Waals surface area contributed by atoms with Crippen LogP contribution in [0.15, 0.2) is 0 Å². The standard InChI is InChI=1S/C15H24O7/c1-18-15-14-10(6-13(17)20-8-21-15)11(16)7-12(14)22-9-2-4-19-5-3-9/h9-12,14-16H,2-8H2,1H3/t10-,11-,12+,14+,15?/m1/s1/i4D/t4?,9?,10-,11-,12+,14+,15?. The number of cyclic esters (lactones) is 1. The normalized spacial score (nSPS) is 47.1. The van der Waals surface area contributed by atoms with Crippen LogP contribution in [0.5, 0.6) is 0 Å². The molecular formula is C15H24O7. The Balaban J connectivity index is 1.72. The maximum Gasteiger partial charge on any atom is 0.308 e. The van der Waals surface area contributed by atoms with Crippen LogP contribution in [0.2, 0.25) is 0 Å². The summed E-state index contributed by atoms with van der Waals surface area (Å²) in [5.74, 6) is -0.939. The van der Waals surface area contributed by atoms with Crippen molar-refractivity contribution in [1.29, 1.82) is 0 Å². The summed E-state index contributed by atoms with van der Waals surface area (Å²) < 4.78 is 34.9. The van der Waals surface area contributed by atoms with E-state index in [0.29, 0.717) is 19.4 Å². The minimum Gasteiger partial charge on any atom is -0.438 e. The molecule has 1 N–H and O–H groups in total. The van der Waals surface area contributed by atoms with Gasteiger partial charge < -0.3 is 28.8 Å². The van der Waals surface area contributed by atoms with Gasteiger partial charge in [-0.3, -0.25) is 4.79 Å². The van der Waals surface area contributed by atoms with E-state index in [0.717, 1.165) is 6.42 Å². The SMILES string of the molecule is [2H]C1CC(O[C@H]2C[C@@H](O)[C@H]3CC(=O)OCOC(OC)[C@@H]32)CCO1. The van der Waals surface area contributed by atoms with E-state index in [1.54, 1.807) is 0 Å². The van der Waals surface area contributed by atoms with Crippen LogP contribution < -0.4 is 0 Å². The number of hydrogen-bond acceptors (Lipinski definition) is 7. The first-order chi connectivity index (χ1) is 11.1. The highest BCUT2D eigenvalue weighted by molar-refractivity contribution is 5.69. The van der Waals surface area contributed by atoms with Gasteiger partial charge in [-0.2, -0.15) is 0 Å². The molecule has 3 rings (SSSR count). The molecule has 3 fully saturated rings. The fourth-order valence-corrected chi connectivity index (χ4v) is 3.60. The molecule has 0 aromatic carbocycles. The molecule has 0 radical (unpaired) electrons. The monoisotopic (exact) mass is 317 g/mol. The lowest BCUT2D eigenvalue weighted by molar-refractivity contribution is -0.240. The maximum absolute atomic E-state index is 11.7. The average molecular weight is 317 g/mol. The van der Waals surface area contributed by atoms with E-state index in [9.17, 15) is 9.90 Å². The predicted molar refractivity (Wildman–Crippen MR) is 73.8 cm³/mol. The second-order valence-electron chi connectivity index (χ2n) is 6.01. The molecule has 1 saturated carbocycles. The quantitative estimate of drug-likeness (QED) is 0.756. The lowest BCUT2D eigenvalue weighted by Crippen LogP contribution is -2.42. The van der Waals surface area contributed by atoms with Gasteiger partial charge in [-0.25, -0.2) is 0 Å². The van der Waals surface area contributed by atoms with Gasteiger partial charge in [0.05, 0.1) is 26.1 Å². The molecule has 0 amide bonds. The highest BCUT2D eigenvalue weighted by Crippen LogP contribution is 2.42. The van der Waals surface area contributed by atoms with Crippen molar-refractivity contribution in [3.8, 4) is 0 Å². The molecule has 126 valence electrons. The third-order valence-corrected chi connectivity index (χ3v) is 4.69. The molecule has 0 aromatic heterocycles. The van der Waals surface area contributed by atoms with Crippen molar-refractivity contribution in [1.82, 2.24) is 0 Å². The summed E-state index contributed by atoms with van der Waals surface area (Å²) in [6, 6.07) is 0. The minimum atomic E-state index is -0.663. The molecule has 2 saturated heterocycles. The first-order valence-electron chi connectivity index (χ1n) is 8.33. The lowest BCUT2D eigenvalue weighted by Gasteiger charge is -2.35. The van der Waals surface area contributed by atoms with Crippen molar-refractivity contribution in [3.05, 3.63) is 0 Å². The maximum atomic E-state index is 11.7. The zero-order valence-corrected chi connectivity index (χ0v) is 12.7. The lowest BCUT2D eigenvalue weighted by atomic mass is 9.89. The van der Waals surface area contributed by atoms with Gasteiger partial charge in [-0.15, -0.1) is 0 Å². The van der Waals surface area contributed by atoms with Crippen LogP contribution in [0.1, 0.15) is 27.1 Å². The van der Waals surface area contributed by atoms with Crippen molar-refractivity contribution in [2.45, 2.75) is 50.3 Å². The number of esters is 1. The van der Waals surface area contributed by atoms with Crippen LogP contribution in [0.4, 0.5) is 0 Å². The number of carbonyl (C=O) groups excluding carboxylic acids is 1. The van der Waals surface area contributed by atoms with Crippen LogP contribution >= 0.6 is 0 Å². The Hall–Kier alpha value is -0.730. The third-order valence-electron chi connectivity index (χ3n) is 4.69. The van der Waals surface area contributed by atoms with E-state index in [2.05, 4.69) is 0 Å². The fourth-order valence-electron chi connectivity index (χ4n) is 3.60. The number of methoxy groups -OCH3 is 1. The van der Waals surface area contributed by atoms with Gasteiger partial charge in [0.1, 0.15) is 0 Å². The molecule has 3 unspecified atom stereocenters. The van der Waals surface area contributed by atoms with Crippen LogP contribution in [0.3, 0.4) is 0 Å². The average Bonchev–Trinajstić information content (AvgIpc) is 2.77. The second-order valence-corrected chi connectivity index (χ2v) is 6.01. The van der Waals surface area contributed by atoms with Gasteiger partial charge in [-0.05, 0) is 12.8 Å². The van der Waals surface area contributed by atoms with Gasteiger partial charge in [-0.1, -0.05) is 0 Å². The second kappa shape index (κ2) is 7.23. The summed E-state index contributed by atoms with van der Waals surface area (Å²) in [6.45, 7) is -0.230. The number of aliphatic hydroxyl groups is 1. The Kier molecular flexibility index (Phi) is 4.87. The van der Waals surface area contributed by atoms with Crippen LogP contribution in [-0.4, -0.2) is 62.8 Å². The first kappa shape index (κ1) is 14.8. The number of hydrogen-bond donors (Lipinski definition) is 1. The minimum absolute atomic E-state index is 0.0860. The number of aliphatic hydroxyl groups excluding tert-OH is 1. The van der Waals surface area contributed by atoms with E-state index in [1.165, 1.54) is 7.11 Å². The van der Waals surface area contributed by atoms with Crippen molar-refractivity contribution in [2.24, 2.45) is 11.8 Å². The van der Waals surface area contributed by atoms with Gasteiger partial charge in [0.2, 0.25) is 0 Å². The Morgan fingerprint density at radius 2 is 2.27 bits per heavy atom. The van der Waals surface area contributed by atoms with E-state index >= 15 is 0 Å². The third kappa shape index (κ3) is 3.44. The molecule has 0 bridgehead atoms. The smallest absolute Gasteiger partial charge is 0.308 e. The molecule has 7 atom stereocenters. The highest BCUT2D eigenvalue weighted by atomic mass is 16.8. The summed E-state index contributed by atoms with van der Waals surface area (Å²) in [5.41, 5.74) is 0. The zero-order valence-electron chi connectivity index (χ0n) is 13.7.